The van der Waals surface area contributed by atoms with E-state index in [1.165, 1.54) is 0 Å². The molecule has 0 bridgehead atoms. The van der Waals surface area contributed by atoms with Crippen LogP contribution in [0.3, 0.4) is 0 Å². The van der Waals surface area contributed by atoms with Crippen molar-refractivity contribution in [1.29, 1.82) is 0 Å². The maximum atomic E-state index is 9.41. The normalized spacial score (nSPS) is 12.5. The number of hydrogen-bond donors (Lipinski definition) is 2. The Bertz CT molecular complexity index is 616. The van der Waals surface area contributed by atoms with Gasteiger partial charge in [0.1, 0.15) is 5.75 Å². The number of halogens is 1. The molecule has 0 atom stereocenters. The highest BCUT2D eigenvalue weighted by molar-refractivity contribution is 9.10. The van der Waals surface area contributed by atoms with E-state index in [0.29, 0.717) is 6.54 Å². The number of nitrogens with one attached hydrogen (secondary N) is 1. The molecule has 0 unspecified atom stereocenters. The monoisotopic (exact) mass is 321 g/mol. The SMILES string of the molecule is Oc1cccc(NCc2cc3c(cc2Br)OCO3)c1. The van der Waals surface area contributed by atoms with E-state index < -0.39 is 0 Å². The summed E-state index contributed by atoms with van der Waals surface area (Å²) in [6, 6.07) is 10.9. The summed E-state index contributed by atoms with van der Waals surface area (Å²) in [7, 11) is 0. The number of ether oxygens (including phenoxy) is 2. The topological polar surface area (TPSA) is 50.7 Å². The molecule has 0 aromatic heterocycles. The number of aromatic hydroxyl groups is 1. The predicted octanol–water partition coefficient (Wildman–Crippen LogP) is 3.50. The summed E-state index contributed by atoms with van der Waals surface area (Å²) in [5.74, 6) is 1.76. The van der Waals surface area contributed by atoms with Gasteiger partial charge in [-0.3, -0.25) is 0 Å². The lowest BCUT2D eigenvalue weighted by molar-refractivity contribution is 0.174. The molecule has 1 aliphatic rings. The molecule has 3 rings (SSSR count). The van der Waals surface area contributed by atoms with Gasteiger partial charge in [-0.2, -0.15) is 0 Å². The van der Waals surface area contributed by atoms with Crippen LogP contribution in [-0.4, -0.2) is 11.9 Å². The number of benzene rings is 2. The third kappa shape index (κ3) is 2.61. The van der Waals surface area contributed by atoms with Crippen LogP contribution in [0.2, 0.25) is 0 Å². The molecule has 4 nitrogen and oxygen atoms in total. The highest BCUT2D eigenvalue weighted by atomic mass is 79.9. The molecule has 0 saturated heterocycles. The van der Waals surface area contributed by atoms with Gasteiger partial charge in [-0.15, -0.1) is 0 Å². The Labute approximate surface area is 119 Å². The standard InChI is InChI=1S/C14H12BrNO3/c15-12-6-14-13(18-8-19-14)4-9(12)7-16-10-2-1-3-11(17)5-10/h1-6,16-17H,7-8H2. The van der Waals surface area contributed by atoms with Crippen molar-refractivity contribution in [2.24, 2.45) is 0 Å². The second-order valence-corrected chi connectivity index (χ2v) is 5.06. The van der Waals surface area contributed by atoms with E-state index in [-0.39, 0.29) is 12.5 Å². The van der Waals surface area contributed by atoms with Gasteiger partial charge >= 0.3 is 0 Å². The Morgan fingerprint density at radius 2 is 1.95 bits per heavy atom. The minimum absolute atomic E-state index is 0.245. The lowest BCUT2D eigenvalue weighted by Gasteiger charge is -2.09. The van der Waals surface area contributed by atoms with Crippen LogP contribution in [0.1, 0.15) is 5.56 Å². The van der Waals surface area contributed by atoms with Crippen molar-refractivity contribution in [1.82, 2.24) is 0 Å². The van der Waals surface area contributed by atoms with E-state index in [1.807, 2.05) is 18.2 Å². The average Bonchev–Trinajstić information content (AvgIpc) is 2.83. The maximum Gasteiger partial charge on any atom is 0.231 e. The molecule has 5 heteroatoms. The molecule has 0 fully saturated rings. The molecule has 19 heavy (non-hydrogen) atoms. The quantitative estimate of drug-likeness (QED) is 0.908. The number of fused-ring (bicyclic) bond motifs is 1. The first-order chi connectivity index (χ1) is 9.22. The van der Waals surface area contributed by atoms with Gasteiger partial charge in [-0.25, -0.2) is 0 Å². The van der Waals surface area contributed by atoms with Crippen LogP contribution in [0.5, 0.6) is 17.2 Å². The molecule has 98 valence electrons. The van der Waals surface area contributed by atoms with Crippen LogP contribution in [0.25, 0.3) is 0 Å². The van der Waals surface area contributed by atoms with Gasteiger partial charge in [0.2, 0.25) is 6.79 Å². The van der Waals surface area contributed by atoms with Crippen LogP contribution in [0.15, 0.2) is 40.9 Å². The first-order valence-corrected chi connectivity index (χ1v) is 6.62. The number of rotatable bonds is 3. The maximum absolute atomic E-state index is 9.41. The van der Waals surface area contributed by atoms with E-state index >= 15 is 0 Å². The van der Waals surface area contributed by atoms with Gasteiger partial charge in [0, 0.05) is 22.8 Å². The minimum atomic E-state index is 0.245. The largest absolute Gasteiger partial charge is 0.508 e. The molecule has 1 aliphatic heterocycles. The van der Waals surface area contributed by atoms with E-state index in [4.69, 9.17) is 9.47 Å². The Hall–Kier alpha value is -1.88. The van der Waals surface area contributed by atoms with Crippen LogP contribution in [-0.2, 0) is 6.54 Å². The third-order valence-electron chi connectivity index (χ3n) is 2.87. The molecule has 0 radical (unpaired) electrons. The number of phenols is 1. The van der Waals surface area contributed by atoms with Crippen molar-refractivity contribution in [3.63, 3.8) is 0 Å². The summed E-state index contributed by atoms with van der Waals surface area (Å²) >= 11 is 3.51. The fourth-order valence-electron chi connectivity index (χ4n) is 1.91. The van der Waals surface area contributed by atoms with Crippen molar-refractivity contribution >= 4 is 21.6 Å². The van der Waals surface area contributed by atoms with Gasteiger partial charge in [0.05, 0.1) is 0 Å². The van der Waals surface area contributed by atoms with Gasteiger partial charge in [0.25, 0.3) is 0 Å². The van der Waals surface area contributed by atoms with Crippen molar-refractivity contribution in [3.8, 4) is 17.2 Å². The Balaban J connectivity index is 1.77. The fraction of sp³-hybridized carbons (Fsp3) is 0.143. The Kier molecular flexibility index (Phi) is 3.21. The second kappa shape index (κ2) is 5.01. The van der Waals surface area contributed by atoms with Crippen molar-refractivity contribution < 1.29 is 14.6 Å². The molecular weight excluding hydrogens is 310 g/mol. The zero-order valence-corrected chi connectivity index (χ0v) is 11.6. The molecule has 2 N–H and O–H groups in total. The fourth-order valence-corrected chi connectivity index (χ4v) is 2.37. The van der Waals surface area contributed by atoms with Crippen molar-refractivity contribution in [3.05, 3.63) is 46.4 Å². The Morgan fingerprint density at radius 3 is 2.74 bits per heavy atom. The van der Waals surface area contributed by atoms with Crippen LogP contribution in [0, 0.1) is 0 Å². The first kappa shape index (κ1) is 12.2. The van der Waals surface area contributed by atoms with Gasteiger partial charge in [-0.05, 0) is 29.8 Å². The minimum Gasteiger partial charge on any atom is -0.508 e. The molecular formula is C14H12BrNO3. The first-order valence-electron chi connectivity index (χ1n) is 5.83. The van der Waals surface area contributed by atoms with E-state index in [1.54, 1.807) is 18.2 Å². The lowest BCUT2D eigenvalue weighted by atomic mass is 10.2. The summed E-state index contributed by atoms with van der Waals surface area (Å²) in [4.78, 5) is 0. The zero-order valence-electron chi connectivity index (χ0n) is 10.0. The average molecular weight is 322 g/mol. The molecule has 0 saturated carbocycles. The van der Waals surface area contributed by atoms with E-state index in [0.717, 1.165) is 27.2 Å². The Morgan fingerprint density at radius 1 is 1.16 bits per heavy atom. The van der Waals surface area contributed by atoms with Gasteiger partial charge < -0.3 is 19.9 Å². The summed E-state index contributed by atoms with van der Waals surface area (Å²) < 4.78 is 11.6. The third-order valence-corrected chi connectivity index (χ3v) is 3.61. The van der Waals surface area contributed by atoms with Gasteiger partial charge in [-0.1, -0.05) is 22.0 Å². The molecule has 0 amide bonds. The summed E-state index contributed by atoms with van der Waals surface area (Å²) in [5.41, 5.74) is 1.93. The molecule has 0 aliphatic carbocycles. The molecule has 2 aromatic rings. The zero-order chi connectivity index (χ0) is 13.2. The highest BCUT2D eigenvalue weighted by Gasteiger charge is 2.16. The number of hydrogen-bond acceptors (Lipinski definition) is 4. The molecule has 0 spiro atoms. The number of phenolic OH excluding ortho intramolecular Hbond substituents is 1. The molecule has 1 heterocycles. The lowest BCUT2D eigenvalue weighted by Crippen LogP contribution is -2.00. The smallest absolute Gasteiger partial charge is 0.231 e. The highest BCUT2D eigenvalue weighted by Crippen LogP contribution is 2.37. The van der Waals surface area contributed by atoms with Crippen molar-refractivity contribution in [2.75, 3.05) is 12.1 Å². The van der Waals surface area contributed by atoms with Crippen LogP contribution in [0.4, 0.5) is 5.69 Å². The van der Waals surface area contributed by atoms with Gasteiger partial charge in [0.15, 0.2) is 11.5 Å². The van der Waals surface area contributed by atoms with Crippen LogP contribution >= 0.6 is 15.9 Å². The number of anilines is 1. The second-order valence-electron chi connectivity index (χ2n) is 4.20. The predicted molar refractivity (Wildman–Crippen MR) is 75.7 cm³/mol. The summed E-state index contributed by atoms with van der Waals surface area (Å²) in [5, 5.41) is 12.7. The summed E-state index contributed by atoms with van der Waals surface area (Å²) in [6.07, 6.45) is 0. The summed E-state index contributed by atoms with van der Waals surface area (Å²) in [6.45, 7) is 0.895. The van der Waals surface area contributed by atoms with E-state index in [2.05, 4.69) is 21.2 Å². The molecule has 2 aromatic carbocycles. The van der Waals surface area contributed by atoms with E-state index in [9.17, 15) is 5.11 Å². The van der Waals surface area contributed by atoms with Crippen LogP contribution < -0.4 is 14.8 Å². The van der Waals surface area contributed by atoms with Crippen molar-refractivity contribution in [2.45, 2.75) is 6.54 Å².